The van der Waals surface area contributed by atoms with Gasteiger partial charge < -0.3 is 5.11 Å². The highest BCUT2D eigenvalue weighted by Crippen LogP contribution is 2.52. The van der Waals surface area contributed by atoms with Crippen molar-refractivity contribution in [2.75, 3.05) is 0 Å². The summed E-state index contributed by atoms with van der Waals surface area (Å²) < 4.78 is 78.2. The minimum absolute atomic E-state index is 0.323. The van der Waals surface area contributed by atoms with Gasteiger partial charge in [-0.15, -0.1) is 0 Å². The molecule has 0 amide bonds. The maximum Gasteiger partial charge on any atom is 0.430 e. The van der Waals surface area contributed by atoms with Crippen molar-refractivity contribution in [2.24, 2.45) is 0 Å². The van der Waals surface area contributed by atoms with Crippen molar-refractivity contribution in [1.29, 1.82) is 0 Å². The third-order valence-corrected chi connectivity index (χ3v) is 4.15. The fraction of sp³-hybridized carbons (Fsp3) is 0.200. The molecule has 1 nitrogen and oxygen atoms in total. The number of hydrogen-bond donors (Lipinski definition) is 1. The van der Waals surface area contributed by atoms with Gasteiger partial charge in [-0.2, -0.15) is 26.3 Å². The number of benzene rings is 2. The van der Waals surface area contributed by atoms with Crippen molar-refractivity contribution < 1.29 is 31.4 Å². The van der Waals surface area contributed by atoms with Crippen LogP contribution in [0.25, 0.3) is 0 Å². The second kappa shape index (κ2) is 6.09. The van der Waals surface area contributed by atoms with Crippen molar-refractivity contribution in [3.05, 3.63) is 60.2 Å². The van der Waals surface area contributed by atoms with E-state index in [9.17, 15) is 31.4 Å². The highest BCUT2D eigenvalue weighted by atomic mass is 32.2. The van der Waals surface area contributed by atoms with E-state index in [2.05, 4.69) is 0 Å². The molecule has 2 aromatic rings. The molecule has 0 unspecified atom stereocenters. The summed E-state index contributed by atoms with van der Waals surface area (Å²) in [7, 11) is 0. The van der Waals surface area contributed by atoms with Gasteiger partial charge in [0.1, 0.15) is 0 Å². The van der Waals surface area contributed by atoms with Gasteiger partial charge in [0.05, 0.1) is 0 Å². The minimum Gasteiger partial charge on any atom is -0.369 e. The summed E-state index contributed by atoms with van der Waals surface area (Å²) in [5.41, 5.74) is -6.17. The molecule has 2 aromatic carbocycles. The largest absolute Gasteiger partial charge is 0.430 e. The van der Waals surface area contributed by atoms with E-state index in [-0.39, 0.29) is 4.90 Å². The number of rotatable bonds is 3. The van der Waals surface area contributed by atoms with Gasteiger partial charge in [-0.25, -0.2) is 0 Å². The first kappa shape index (κ1) is 17.7. The zero-order valence-corrected chi connectivity index (χ0v) is 12.1. The van der Waals surface area contributed by atoms with Crippen molar-refractivity contribution >= 4 is 11.8 Å². The maximum atomic E-state index is 13.0. The Balaban J connectivity index is 2.58. The molecule has 0 radical (unpaired) electrons. The van der Waals surface area contributed by atoms with Crippen molar-refractivity contribution in [2.45, 2.75) is 27.7 Å². The van der Waals surface area contributed by atoms with E-state index in [1.54, 1.807) is 30.3 Å². The molecule has 124 valence electrons. The van der Waals surface area contributed by atoms with Crippen LogP contribution in [0.2, 0.25) is 0 Å². The molecule has 0 aliphatic heterocycles. The fourth-order valence-corrected chi connectivity index (χ4v) is 2.96. The van der Waals surface area contributed by atoms with Crippen molar-refractivity contribution in [3.63, 3.8) is 0 Å². The molecule has 0 aliphatic carbocycles. The SMILES string of the molecule is OC(c1ccccc1Sc1ccccc1)(C(F)(F)F)C(F)(F)F. The Hall–Kier alpha value is -1.67. The monoisotopic (exact) mass is 352 g/mol. The lowest BCUT2D eigenvalue weighted by Gasteiger charge is -2.33. The van der Waals surface area contributed by atoms with E-state index in [1.165, 1.54) is 6.07 Å². The highest BCUT2D eigenvalue weighted by molar-refractivity contribution is 7.99. The summed E-state index contributed by atoms with van der Waals surface area (Å²) >= 11 is 0.713. The zero-order valence-electron chi connectivity index (χ0n) is 11.3. The zero-order chi connectivity index (χ0) is 17.3. The summed E-state index contributed by atoms with van der Waals surface area (Å²) in [5, 5.41) is 9.55. The van der Waals surface area contributed by atoms with E-state index >= 15 is 0 Å². The van der Waals surface area contributed by atoms with Gasteiger partial charge in [-0.3, -0.25) is 0 Å². The van der Waals surface area contributed by atoms with Crippen molar-refractivity contribution in [1.82, 2.24) is 0 Å². The number of aliphatic hydroxyl groups is 1. The van der Waals surface area contributed by atoms with Crippen LogP contribution in [-0.4, -0.2) is 17.5 Å². The Bertz CT molecular complexity index is 652. The van der Waals surface area contributed by atoms with Gasteiger partial charge in [-0.05, 0) is 18.2 Å². The molecular formula is C15H10F6OS. The molecule has 0 heterocycles. The molecule has 0 saturated carbocycles. The topological polar surface area (TPSA) is 20.2 Å². The van der Waals surface area contributed by atoms with E-state index in [4.69, 9.17) is 0 Å². The summed E-state index contributed by atoms with van der Waals surface area (Å²) in [5.74, 6) is 0. The third kappa shape index (κ3) is 3.32. The van der Waals surface area contributed by atoms with E-state index in [1.807, 2.05) is 0 Å². The molecule has 0 aromatic heterocycles. The summed E-state index contributed by atoms with van der Waals surface area (Å²) in [6.45, 7) is 0. The van der Waals surface area contributed by atoms with Gasteiger partial charge in [0.15, 0.2) is 0 Å². The highest BCUT2D eigenvalue weighted by Gasteiger charge is 2.72. The maximum absolute atomic E-state index is 13.0. The summed E-state index contributed by atoms with van der Waals surface area (Å²) in [6.07, 6.45) is -11.8. The fourth-order valence-electron chi connectivity index (χ4n) is 1.94. The first-order chi connectivity index (χ1) is 10.6. The number of halogens is 6. The Kier molecular flexibility index (Phi) is 4.68. The number of hydrogen-bond acceptors (Lipinski definition) is 2. The van der Waals surface area contributed by atoms with Crippen LogP contribution >= 0.6 is 11.8 Å². The molecule has 2 rings (SSSR count). The van der Waals surface area contributed by atoms with Crippen LogP contribution in [0.4, 0.5) is 26.3 Å². The quantitative estimate of drug-likeness (QED) is 0.771. The van der Waals surface area contributed by atoms with E-state index in [0.29, 0.717) is 22.7 Å². The summed E-state index contributed by atoms with van der Waals surface area (Å²) in [4.78, 5) is 0.127. The third-order valence-electron chi connectivity index (χ3n) is 3.07. The normalized spacial score (nSPS) is 13.2. The molecule has 23 heavy (non-hydrogen) atoms. The molecule has 0 spiro atoms. The molecule has 0 bridgehead atoms. The molecule has 1 N–H and O–H groups in total. The van der Waals surface area contributed by atoms with Gasteiger partial charge in [-0.1, -0.05) is 48.2 Å². The van der Waals surface area contributed by atoms with Gasteiger partial charge in [0.25, 0.3) is 5.60 Å². The lowest BCUT2D eigenvalue weighted by molar-refractivity contribution is -0.377. The Morgan fingerprint density at radius 1 is 0.696 bits per heavy atom. The minimum atomic E-state index is -5.90. The standard InChI is InChI=1S/C15H10F6OS/c16-14(17,18)13(22,15(19,20)21)11-8-4-5-9-12(11)23-10-6-2-1-3-7-10/h1-9,22H. The van der Waals surface area contributed by atoms with Crippen molar-refractivity contribution in [3.8, 4) is 0 Å². The average molecular weight is 352 g/mol. The van der Waals surface area contributed by atoms with Crippen LogP contribution in [0, 0.1) is 0 Å². The first-order valence-electron chi connectivity index (χ1n) is 6.25. The van der Waals surface area contributed by atoms with E-state index < -0.39 is 23.5 Å². The predicted octanol–water partition coefficient (Wildman–Crippen LogP) is 5.15. The lowest BCUT2D eigenvalue weighted by atomic mass is 9.92. The smallest absolute Gasteiger partial charge is 0.369 e. The van der Waals surface area contributed by atoms with Gasteiger partial charge >= 0.3 is 12.4 Å². The van der Waals surface area contributed by atoms with Crippen LogP contribution in [0.3, 0.4) is 0 Å². The van der Waals surface area contributed by atoms with Crippen LogP contribution < -0.4 is 0 Å². The first-order valence-corrected chi connectivity index (χ1v) is 7.07. The predicted molar refractivity (Wildman–Crippen MR) is 73.0 cm³/mol. The average Bonchev–Trinajstić information content (AvgIpc) is 2.46. The molecule has 8 heteroatoms. The Labute approximate surface area is 131 Å². The second-order valence-corrected chi connectivity index (χ2v) is 5.73. The second-order valence-electron chi connectivity index (χ2n) is 4.62. The van der Waals surface area contributed by atoms with Gasteiger partial charge in [0, 0.05) is 15.4 Å². The molecule has 0 atom stereocenters. The van der Waals surface area contributed by atoms with E-state index in [0.717, 1.165) is 12.1 Å². The van der Waals surface area contributed by atoms with Crippen LogP contribution in [0.15, 0.2) is 64.4 Å². The Morgan fingerprint density at radius 2 is 1.17 bits per heavy atom. The molecule has 0 aliphatic rings. The Morgan fingerprint density at radius 3 is 1.70 bits per heavy atom. The molecule has 0 saturated heterocycles. The summed E-state index contributed by atoms with van der Waals surface area (Å²) in [6, 6.07) is 12.0. The molecule has 0 fully saturated rings. The van der Waals surface area contributed by atoms with Crippen LogP contribution in [0.5, 0.6) is 0 Å². The van der Waals surface area contributed by atoms with Crippen LogP contribution in [0.1, 0.15) is 5.56 Å². The lowest BCUT2D eigenvalue weighted by Crippen LogP contribution is -2.54. The number of alkyl halides is 6. The molecular weight excluding hydrogens is 342 g/mol. The van der Waals surface area contributed by atoms with Crippen LogP contribution in [-0.2, 0) is 5.60 Å². The van der Waals surface area contributed by atoms with Gasteiger partial charge in [0.2, 0.25) is 0 Å².